The Balaban J connectivity index is 2.67. The van der Waals surface area contributed by atoms with E-state index in [4.69, 9.17) is 9.47 Å². The molecular weight excluding hydrogens is 304 g/mol. The number of benzene rings is 1. The maximum Gasteiger partial charge on any atom is 0.146 e. The number of allylic oxidation sites excluding steroid dienone is 1. The van der Waals surface area contributed by atoms with E-state index in [1.807, 2.05) is 31.6 Å². The van der Waals surface area contributed by atoms with E-state index in [-0.39, 0.29) is 0 Å². The molecule has 1 aromatic rings. The van der Waals surface area contributed by atoms with Gasteiger partial charge in [0, 0.05) is 22.3 Å². The summed E-state index contributed by atoms with van der Waals surface area (Å²) >= 11 is 3.39. The van der Waals surface area contributed by atoms with Gasteiger partial charge in [0.25, 0.3) is 0 Å². The van der Waals surface area contributed by atoms with Crippen molar-refractivity contribution in [2.75, 3.05) is 38.1 Å². The first-order valence-corrected chi connectivity index (χ1v) is 9.34. The molecule has 1 rings (SSSR count). The van der Waals surface area contributed by atoms with E-state index in [1.165, 1.54) is 6.08 Å². The Morgan fingerprint density at radius 2 is 2.05 bits per heavy atom. The lowest BCUT2D eigenvalue weighted by Crippen LogP contribution is -2.06. The van der Waals surface area contributed by atoms with E-state index in [0.717, 1.165) is 34.7 Å². The van der Waals surface area contributed by atoms with Crippen LogP contribution in [0.25, 0.3) is 5.76 Å². The molecule has 0 heterocycles. The second-order valence-corrected chi connectivity index (χ2v) is 6.16. The molecule has 3 nitrogen and oxygen atoms in total. The molecule has 0 unspecified atom stereocenters. The van der Waals surface area contributed by atoms with Crippen molar-refractivity contribution >= 4 is 35.6 Å². The SMILES string of the molecule is CSCCOCCO/C(=C/C=O)c1cc(C)ccc1SC. The molecule has 5 heteroatoms. The van der Waals surface area contributed by atoms with Crippen molar-refractivity contribution in [3.05, 3.63) is 35.4 Å². The zero-order chi connectivity index (χ0) is 15.5. The Bertz CT molecular complexity index is 473. The second kappa shape index (κ2) is 10.8. The lowest BCUT2D eigenvalue weighted by Gasteiger charge is -2.14. The summed E-state index contributed by atoms with van der Waals surface area (Å²) in [6.45, 7) is 3.71. The number of rotatable bonds is 10. The number of aryl methyl sites for hydroxylation is 1. The largest absolute Gasteiger partial charge is 0.490 e. The van der Waals surface area contributed by atoms with Crippen LogP contribution in [-0.4, -0.2) is 44.4 Å². The lowest BCUT2D eigenvalue weighted by molar-refractivity contribution is -0.104. The van der Waals surface area contributed by atoms with E-state index in [2.05, 4.69) is 6.07 Å². The average molecular weight is 326 g/mol. The summed E-state index contributed by atoms with van der Waals surface area (Å²) < 4.78 is 11.2. The molecule has 0 aliphatic rings. The molecule has 0 aliphatic carbocycles. The zero-order valence-electron chi connectivity index (χ0n) is 12.8. The smallest absolute Gasteiger partial charge is 0.146 e. The van der Waals surface area contributed by atoms with Crippen LogP contribution in [0.3, 0.4) is 0 Å². The normalized spacial score (nSPS) is 11.5. The number of thioether (sulfide) groups is 2. The van der Waals surface area contributed by atoms with Crippen molar-refractivity contribution in [2.45, 2.75) is 11.8 Å². The van der Waals surface area contributed by atoms with Crippen molar-refractivity contribution < 1.29 is 14.3 Å². The van der Waals surface area contributed by atoms with Gasteiger partial charge in [0.1, 0.15) is 18.7 Å². The first-order chi connectivity index (χ1) is 10.2. The molecule has 0 fully saturated rings. The van der Waals surface area contributed by atoms with Gasteiger partial charge in [-0.15, -0.1) is 11.8 Å². The Kier molecular flexibility index (Phi) is 9.30. The lowest BCUT2D eigenvalue weighted by atomic mass is 10.1. The van der Waals surface area contributed by atoms with Crippen molar-refractivity contribution in [1.29, 1.82) is 0 Å². The number of hydrogen-bond acceptors (Lipinski definition) is 5. The topological polar surface area (TPSA) is 35.5 Å². The van der Waals surface area contributed by atoms with Crippen LogP contribution in [-0.2, 0) is 14.3 Å². The molecule has 0 N–H and O–H groups in total. The zero-order valence-corrected chi connectivity index (χ0v) is 14.4. The molecule has 0 aliphatic heterocycles. The summed E-state index contributed by atoms with van der Waals surface area (Å²) in [5.41, 5.74) is 2.10. The molecule has 0 bridgehead atoms. The first kappa shape index (κ1) is 18.1. The van der Waals surface area contributed by atoms with E-state index < -0.39 is 0 Å². The van der Waals surface area contributed by atoms with Gasteiger partial charge in [0.15, 0.2) is 0 Å². The van der Waals surface area contributed by atoms with E-state index in [0.29, 0.717) is 19.0 Å². The van der Waals surface area contributed by atoms with Crippen LogP contribution in [0.15, 0.2) is 29.2 Å². The van der Waals surface area contributed by atoms with Gasteiger partial charge in [-0.25, -0.2) is 0 Å². The van der Waals surface area contributed by atoms with Gasteiger partial charge < -0.3 is 9.47 Å². The molecule has 116 valence electrons. The molecule has 0 atom stereocenters. The standard InChI is InChI=1S/C16H22O3S2/c1-13-4-5-16(21-3)14(12-13)15(6-7-17)19-9-8-18-10-11-20-2/h4-7,12H,8-11H2,1-3H3/b15-6+. The molecule has 1 aromatic carbocycles. The Morgan fingerprint density at radius 3 is 2.71 bits per heavy atom. The monoisotopic (exact) mass is 326 g/mol. The molecular formula is C16H22O3S2. The summed E-state index contributed by atoms with van der Waals surface area (Å²) in [6, 6.07) is 6.14. The Labute approximate surface area is 135 Å². The van der Waals surface area contributed by atoms with Gasteiger partial charge >= 0.3 is 0 Å². The van der Waals surface area contributed by atoms with E-state index in [1.54, 1.807) is 23.5 Å². The highest BCUT2D eigenvalue weighted by Crippen LogP contribution is 2.28. The summed E-state index contributed by atoms with van der Waals surface area (Å²) in [7, 11) is 0. The molecule has 0 amide bonds. The number of carbonyl (C=O) groups excluding carboxylic acids is 1. The van der Waals surface area contributed by atoms with Crippen LogP contribution in [0.4, 0.5) is 0 Å². The quantitative estimate of drug-likeness (QED) is 0.216. The maximum atomic E-state index is 10.8. The van der Waals surface area contributed by atoms with Gasteiger partial charge in [-0.3, -0.25) is 4.79 Å². The fourth-order valence-corrected chi connectivity index (χ4v) is 2.61. The maximum absolute atomic E-state index is 10.8. The predicted molar refractivity (Wildman–Crippen MR) is 92.2 cm³/mol. The number of ether oxygens (including phenoxy) is 2. The molecule has 21 heavy (non-hydrogen) atoms. The van der Waals surface area contributed by atoms with Gasteiger partial charge in [-0.05, 0) is 31.6 Å². The molecule has 0 saturated carbocycles. The van der Waals surface area contributed by atoms with E-state index in [9.17, 15) is 4.79 Å². The van der Waals surface area contributed by atoms with Crippen LogP contribution in [0.1, 0.15) is 11.1 Å². The molecule has 0 aromatic heterocycles. The molecule has 0 spiro atoms. The van der Waals surface area contributed by atoms with Gasteiger partial charge in [0.05, 0.1) is 13.2 Å². The Hall–Kier alpha value is -0.910. The highest BCUT2D eigenvalue weighted by Gasteiger charge is 2.09. The van der Waals surface area contributed by atoms with Crippen molar-refractivity contribution in [1.82, 2.24) is 0 Å². The van der Waals surface area contributed by atoms with Crippen LogP contribution >= 0.6 is 23.5 Å². The summed E-state index contributed by atoms with van der Waals surface area (Å²) in [5.74, 6) is 1.58. The minimum absolute atomic E-state index is 0.440. The second-order valence-electron chi connectivity index (χ2n) is 4.32. The third-order valence-corrected chi connectivity index (χ3v) is 4.13. The fraction of sp³-hybridized carbons (Fsp3) is 0.438. The molecule has 0 radical (unpaired) electrons. The number of aldehydes is 1. The highest BCUT2D eigenvalue weighted by molar-refractivity contribution is 7.98. The minimum atomic E-state index is 0.440. The first-order valence-electron chi connectivity index (χ1n) is 6.73. The highest BCUT2D eigenvalue weighted by atomic mass is 32.2. The summed E-state index contributed by atoms with van der Waals surface area (Å²) in [5, 5.41) is 0. The average Bonchev–Trinajstić information content (AvgIpc) is 2.49. The summed E-state index contributed by atoms with van der Waals surface area (Å²) in [4.78, 5) is 11.9. The van der Waals surface area contributed by atoms with Crippen LogP contribution < -0.4 is 0 Å². The Morgan fingerprint density at radius 1 is 1.24 bits per heavy atom. The van der Waals surface area contributed by atoms with Crippen LogP contribution in [0.2, 0.25) is 0 Å². The third-order valence-electron chi connectivity index (χ3n) is 2.76. The molecule has 0 saturated heterocycles. The van der Waals surface area contributed by atoms with Crippen molar-refractivity contribution in [3.8, 4) is 0 Å². The van der Waals surface area contributed by atoms with Crippen molar-refractivity contribution in [3.63, 3.8) is 0 Å². The number of carbonyl (C=O) groups is 1. The predicted octanol–water partition coefficient (Wildman–Crippen LogP) is 3.65. The van der Waals surface area contributed by atoms with Gasteiger partial charge in [-0.2, -0.15) is 11.8 Å². The third kappa shape index (κ3) is 6.59. The van der Waals surface area contributed by atoms with E-state index >= 15 is 0 Å². The fourth-order valence-electron chi connectivity index (χ4n) is 1.75. The van der Waals surface area contributed by atoms with Gasteiger partial charge in [-0.1, -0.05) is 11.6 Å². The number of hydrogen-bond donors (Lipinski definition) is 0. The van der Waals surface area contributed by atoms with Crippen LogP contribution in [0.5, 0.6) is 0 Å². The minimum Gasteiger partial charge on any atom is -0.490 e. The van der Waals surface area contributed by atoms with Gasteiger partial charge in [0.2, 0.25) is 0 Å². The van der Waals surface area contributed by atoms with Crippen molar-refractivity contribution in [2.24, 2.45) is 0 Å². The summed E-state index contributed by atoms with van der Waals surface area (Å²) in [6.07, 6.45) is 6.29. The van der Waals surface area contributed by atoms with Crippen LogP contribution in [0, 0.1) is 6.92 Å².